The van der Waals surface area contributed by atoms with Crippen molar-refractivity contribution < 1.29 is 9.34 Å². The quantitative estimate of drug-likeness (QED) is 0.109. The third-order valence-corrected chi connectivity index (χ3v) is 5.36. The van der Waals surface area contributed by atoms with E-state index in [0.29, 0.717) is 22.2 Å². The standard InChI is InChI=1S/C26H19ClN8O3/c27-18-8-6-17(7-9-18)23-15-14-22(38-23)16-28-34-26-32-24(29-19-4-2-1-3-5-19)31-25(33-26)30-20-10-12-21(13-11-20)35(36)37/h1-16H,(H3,29,30,31,32,33,34)/b28-16-. The van der Waals surface area contributed by atoms with Crippen molar-refractivity contribution in [3.63, 3.8) is 0 Å². The van der Waals surface area contributed by atoms with Gasteiger partial charge in [0.15, 0.2) is 0 Å². The van der Waals surface area contributed by atoms with Gasteiger partial charge < -0.3 is 15.1 Å². The van der Waals surface area contributed by atoms with Crippen LogP contribution in [0.2, 0.25) is 5.02 Å². The van der Waals surface area contributed by atoms with Crippen LogP contribution in [-0.4, -0.2) is 26.1 Å². The van der Waals surface area contributed by atoms with Crippen molar-refractivity contribution in [1.29, 1.82) is 0 Å². The predicted molar refractivity (Wildman–Crippen MR) is 146 cm³/mol. The van der Waals surface area contributed by atoms with Crippen molar-refractivity contribution in [3.05, 3.63) is 112 Å². The Morgan fingerprint density at radius 1 is 0.789 bits per heavy atom. The van der Waals surface area contributed by atoms with Gasteiger partial charge in [-0.25, -0.2) is 5.43 Å². The molecule has 2 aromatic heterocycles. The molecule has 0 saturated carbocycles. The summed E-state index contributed by atoms with van der Waals surface area (Å²) in [4.78, 5) is 23.6. The molecule has 0 aliphatic heterocycles. The summed E-state index contributed by atoms with van der Waals surface area (Å²) in [7, 11) is 0. The largest absolute Gasteiger partial charge is 0.455 e. The minimum Gasteiger partial charge on any atom is -0.455 e. The SMILES string of the molecule is O=[N+]([O-])c1ccc(Nc2nc(N/N=C\c3ccc(-c4ccc(Cl)cc4)o3)nc(Nc3ccccc3)n2)cc1. The number of non-ortho nitro benzene ring substituents is 1. The van der Waals surface area contributed by atoms with E-state index in [4.69, 9.17) is 16.0 Å². The molecule has 12 heteroatoms. The topological polar surface area (TPSA) is 143 Å². The smallest absolute Gasteiger partial charge is 0.269 e. The zero-order valence-electron chi connectivity index (χ0n) is 19.6. The number of hydrazone groups is 1. The summed E-state index contributed by atoms with van der Waals surface area (Å²) in [6.07, 6.45) is 1.50. The summed E-state index contributed by atoms with van der Waals surface area (Å²) in [5, 5.41) is 21.9. The Bertz CT molecular complexity index is 1570. The molecule has 0 unspecified atom stereocenters. The Morgan fingerprint density at radius 2 is 1.42 bits per heavy atom. The first-order valence-corrected chi connectivity index (χ1v) is 11.6. The highest BCUT2D eigenvalue weighted by molar-refractivity contribution is 6.30. The summed E-state index contributed by atoms with van der Waals surface area (Å²) in [5.74, 6) is 1.81. The average Bonchev–Trinajstić information content (AvgIpc) is 3.39. The van der Waals surface area contributed by atoms with Crippen LogP contribution < -0.4 is 16.1 Å². The number of hydrogen-bond donors (Lipinski definition) is 3. The van der Waals surface area contributed by atoms with Crippen LogP contribution in [0.3, 0.4) is 0 Å². The van der Waals surface area contributed by atoms with Crippen LogP contribution in [0.1, 0.15) is 5.76 Å². The highest BCUT2D eigenvalue weighted by Gasteiger charge is 2.10. The fraction of sp³-hybridized carbons (Fsp3) is 0. The lowest BCUT2D eigenvalue weighted by Gasteiger charge is -2.10. The zero-order chi connectivity index (χ0) is 26.3. The summed E-state index contributed by atoms with van der Waals surface area (Å²) < 4.78 is 5.82. The number of nitro benzene ring substituents is 1. The Hall–Kier alpha value is -5.29. The molecule has 0 bridgehead atoms. The maximum atomic E-state index is 10.9. The number of halogens is 1. The number of nitrogens with one attached hydrogen (secondary N) is 3. The molecule has 188 valence electrons. The van der Waals surface area contributed by atoms with Crippen LogP contribution >= 0.6 is 11.6 Å². The van der Waals surface area contributed by atoms with E-state index < -0.39 is 4.92 Å². The second-order valence-corrected chi connectivity index (χ2v) is 8.24. The molecular weight excluding hydrogens is 508 g/mol. The lowest BCUT2D eigenvalue weighted by atomic mass is 10.2. The number of anilines is 5. The fourth-order valence-electron chi connectivity index (χ4n) is 3.33. The lowest BCUT2D eigenvalue weighted by Crippen LogP contribution is -2.07. The molecule has 3 N–H and O–H groups in total. The van der Waals surface area contributed by atoms with E-state index in [2.05, 4.69) is 36.1 Å². The monoisotopic (exact) mass is 526 g/mol. The summed E-state index contributed by atoms with van der Waals surface area (Å²) >= 11 is 5.95. The number of aromatic nitrogens is 3. The third-order valence-electron chi connectivity index (χ3n) is 5.11. The molecule has 0 radical (unpaired) electrons. The number of nitro groups is 1. The second-order valence-electron chi connectivity index (χ2n) is 7.81. The predicted octanol–water partition coefficient (Wildman–Crippen LogP) is 6.63. The van der Waals surface area contributed by atoms with Gasteiger partial charge in [0.05, 0.1) is 11.1 Å². The van der Waals surface area contributed by atoms with Crippen LogP contribution in [-0.2, 0) is 0 Å². The molecule has 0 spiro atoms. The molecular formula is C26H19ClN8O3. The van der Waals surface area contributed by atoms with Crippen molar-refractivity contribution >= 4 is 52.7 Å². The first-order chi connectivity index (χ1) is 18.5. The van der Waals surface area contributed by atoms with Gasteiger partial charge in [0.2, 0.25) is 17.8 Å². The van der Waals surface area contributed by atoms with Gasteiger partial charge >= 0.3 is 0 Å². The van der Waals surface area contributed by atoms with Crippen LogP contribution in [0, 0.1) is 10.1 Å². The van der Waals surface area contributed by atoms with Crippen LogP contribution in [0.4, 0.5) is 34.9 Å². The lowest BCUT2D eigenvalue weighted by molar-refractivity contribution is -0.384. The van der Waals surface area contributed by atoms with Gasteiger partial charge in [0, 0.05) is 34.1 Å². The average molecular weight is 527 g/mol. The van der Waals surface area contributed by atoms with Gasteiger partial charge in [-0.2, -0.15) is 20.1 Å². The van der Waals surface area contributed by atoms with Crippen LogP contribution in [0.5, 0.6) is 0 Å². The molecule has 3 aromatic carbocycles. The van der Waals surface area contributed by atoms with E-state index in [1.54, 1.807) is 30.3 Å². The van der Waals surface area contributed by atoms with Crippen molar-refractivity contribution in [2.75, 3.05) is 16.1 Å². The normalized spacial score (nSPS) is 10.9. The summed E-state index contributed by atoms with van der Waals surface area (Å²) in [6.45, 7) is 0. The molecule has 0 amide bonds. The molecule has 5 aromatic rings. The molecule has 38 heavy (non-hydrogen) atoms. The molecule has 0 fully saturated rings. The highest BCUT2D eigenvalue weighted by atomic mass is 35.5. The van der Waals surface area contributed by atoms with Gasteiger partial charge in [-0.3, -0.25) is 10.1 Å². The minimum absolute atomic E-state index is 0.0218. The molecule has 0 aliphatic rings. The highest BCUT2D eigenvalue weighted by Crippen LogP contribution is 2.24. The van der Waals surface area contributed by atoms with Gasteiger partial charge in [-0.05, 0) is 60.7 Å². The van der Waals surface area contributed by atoms with E-state index in [1.807, 2.05) is 48.5 Å². The Balaban J connectivity index is 1.34. The fourth-order valence-corrected chi connectivity index (χ4v) is 3.46. The molecule has 5 rings (SSSR count). The van der Waals surface area contributed by atoms with Crippen molar-refractivity contribution in [2.45, 2.75) is 0 Å². The second kappa shape index (κ2) is 11.2. The van der Waals surface area contributed by atoms with E-state index in [1.165, 1.54) is 18.3 Å². The zero-order valence-corrected chi connectivity index (χ0v) is 20.3. The maximum absolute atomic E-state index is 10.9. The van der Waals surface area contributed by atoms with Crippen LogP contribution in [0.15, 0.2) is 101 Å². The Kier molecular flexibility index (Phi) is 7.18. The Labute approximate surface area is 221 Å². The number of benzene rings is 3. The summed E-state index contributed by atoms with van der Waals surface area (Å²) in [6, 6.07) is 26.2. The number of hydrogen-bond acceptors (Lipinski definition) is 10. The number of rotatable bonds is 9. The van der Waals surface area contributed by atoms with Crippen molar-refractivity contribution in [2.24, 2.45) is 5.10 Å². The van der Waals surface area contributed by atoms with Gasteiger partial charge in [-0.1, -0.05) is 29.8 Å². The van der Waals surface area contributed by atoms with Crippen molar-refractivity contribution in [1.82, 2.24) is 15.0 Å². The minimum atomic E-state index is -0.466. The van der Waals surface area contributed by atoms with Crippen molar-refractivity contribution in [3.8, 4) is 11.3 Å². The molecule has 2 heterocycles. The van der Waals surface area contributed by atoms with E-state index >= 15 is 0 Å². The number of nitrogens with zero attached hydrogens (tertiary/aromatic N) is 5. The summed E-state index contributed by atoms with van der Waals surface area (Å²) in [5.41, 5.74) is 4.99. The number of furan rings is 1. The number of para-hydroxylation sites is 1. The molecule has 0 saturated heterocycles. The molecule has 0 atom stereocenters. The van der Waals surface area contributed by atoms with E-state index in [-0.39, 0.29) is 23.5 Å². The van der Waals surface area contributed by atoms with E-state index in [9.17, 15) is 10.1 Å². The van der Waals surface area contributed by atoms with Crippen LogP contribution in [0.25, 0.3) is 11.3 Å². The third kappa shape index (κ3) is 6.28. The molecule has 11 nitrogen and oxygen atoms in total. The van der Waals surface area contributed by atoms with E-state index in [0.717, 1.165) is 11.3 Å². The Morgan fingerprint density at radius 3 is 2.08 bits per heavy atom. The van der Waals surface area contributed by atoms with Gasteiger partial charge in [0.25, 0.3) is 5.69 Å². The first-order valence-electron chi connectivity index (χ1n) is 11.3. The molecule has 0 aliphatic carbocycles. The first kappa shape index (κ1) is 24.4. The van der Waals surface area contributed by atoms with Gasteiger partial charge in [0.1, 0.15) is 11.5 Å². The van der Waals surface area contributed by atoms with Gasteiger partial charge in [-0.15, -0.1) is 0 Å². The maximum Gasteiger partial charge on any atom is 0.269 e.